The lowest BCUT2D eigenvalue weighted by atomic mass is 9.92. The molecule has 0 unspecified atom stereocenters. The molecular formula is C20H24Br2. The third-order valence-corrected chi connectivity index (χ3v) is 7.58. The molecule has 0 fully saturated rings. The van der Waals surface area contributed by atoms with Crippen LogP contribution < -0.4 is 0 Å². The zero-order valence-electron chi connectivity index (χ0n) is 13.2. The first-order valence-electron chi connectivity index (χ1n) is 8.96. The Morgan fingerprint density at radius 2 is 0.636 bits per heavy atom. The minimum absolute atomic E-state index is 1.26. The Hall–Kier alpha value is -0.0800. The molecule has 4 rings (SSSR count). The van der Waals surface area contributed by atoms with Gasteiger partial charge in [0.15, 0.2) is 0 Å². The molecule has 0 nitrogen and oxygen atoms in total. The third-order valence-electron chi connectivity index (χ3n) is 5.83. The van der Waals surface area contributed by atoms with Gasteiger partial charge in [0.2, 0.25) is 0 Å². The Morgan fingerprint density at radius 1 is 0.364 bits per heavy atom. The van der Waals surface area contributed by atoms with Crippen LogP contribution in [0.25, 0.3) is 0 Å². The zero-order chi connectivity index (χ0) is 15.1. The number of allylic oxidation sites excluding steroid dienone is 8. The van der Waals surface area contributed by atoms with Crippen LogP contribution in [-0.4, -0.2) is 0 Å². The minimum atomic E-state index is 1.26. The van der Waals surface area contributed by atoms with Gasteiger partial charge in [-0.25, -0.2) is 0 Å². The molecule has 0 aromatic rings. The normalized spacial score (nSPS) is 26.5. The SMILES string of the molecule is BrC1=C(C2=C(C3=C(C4=C(Br)CCC4)CCC3)CCC2)CCC1. The van der Waals surface area contributed by atoms with Crippen LogP contribution in [-0.2, 0) is 0 Å². The van der Waals surface area contributed by atoms with E-state index >= 15 is 0 Å². The molecule has 0 spiro atoms. The topological polar surface area (TPSA) is 0 Å². The lowest BCUT2D eigenvalue weighted by molar-refractivity contribution is 0.866. The van der Waals surface area contributed by atoms with E-state index in [1.165, 1.54) is 86.0 Å². The molecule has 0 aliphatic heterocycles. The Labute approximate surface area is 151 Å². The third kappa shape index (κ3) is 2.65. The summed E-state index contributed by atoms with van der Waals surface area (Å²) in [6, 6.07) is 0. The van der Waals surface area contributed by atoms with E-state index in [2.05, 4.69) is 31.9 Å². The van der Waals surface area contributed by atoms with Gasteiger partial charge in [0.25, 0.3) is 0 Å². The molecule has 118 valence electrons. The molecule has 2 heteroatoms. The van der Waals surface area contributed by atoms with Gasteiger partial charge in [-0.3, -0.25) is 0 Å². The fourth-order valence-electron chi connectivity index (χ4n) is 4.86. The van der Waals surface area contributed by atoms with Gasteiger partial charge < -0.3 is 0 Å². The maximum Gasteiger partial charge on any atom is -0.00144 e. The van der Waals surface area contributed by atoms with Gasteiger partial charge in [-0.05, 0) is 119 Å². The van der Waals surface area contributed by atoms with Crippen LogP contribution in [0.3, 0.4) is 0 Å². The Morgan fingerprint density at radius 3 is 0.955 bits per heavy atom. The van der Waals surface area contributed by atoms with Crippen molar-refractivity contribution in [3.05, 3.63) is 42.4 Å². The molecule has 0 bridgehead atoms. The average Bonchev–Trinajstić information content (AvgIpc) is 3.22. The van der Waals surface area contributed by atoms with Crippen LogP contribution in [0.5, 0.6) is 0 Å². The summed E-state index contributed by atoms with van der Waals surface area (Å²) in [5.74, 6) is 0. The fraction of sp³-hybridized carbons (Fsp3) is 0.600. The Balaban J connectivity index is 1.79. The van der Waals surface area contributed by atoms with Crippen molar-refractivity contribution in [2.24, 2.45) is 0 Å². The van der Waals surface area contributed by atoms with Crippen LogP contribution in [0.2, 0.25) is 0 Å². The van der Waals surface area contributed by atoms with E-state index in [0.717, 1.165) is 0 Å². The highest BCUT2D eigenvalue weighted by molar-refractivity contribution is 9.12. The second-order valence-electron chi connectivity index (χ2n) is 7.10. The summed E-state index contributed by atoms with van der Waals surface area (Å²) in [4.78, 5) is 0. The number of hydrogen-bond donors (Lipinski definition) is 0. The molecule has 4 aliphatic carbocycles. The van der Waals surface area contributed by atoms with Gasteiger partial charge in [-0.15, -0.1) is 0 Å². The van der Waals surface area contributed by atoms with E-state index in [4.69, 9.17) is 0 Å². The van der Waals surface area contributed by atoms with E-state index in [1.807, 2.05) is 0 Å². The monoisotopic (exact) mass is 422 g/mol. The lowest BCUT2D eigenvalue weighted by Crippen LogP contribution is -1.95. The first kappa shape index (κ1) is 15.4. The van der Waals surface area contributed by atoms with Crippen molar-refractivity contribution in [3.8, 4) is 0 Å². The van der Waals surface area contributed by atoms with E-state index in [9.17, 15) is 0 Å². The molecule has 0 radical (unpaired) electrons. The molecule has 0 heterocycles. The van der Waals surface area contributed by atoms with Gasteiger partial charge >= 0.3 is 0 Å². The van der Waals surface area contributed by atoms with Crippen molar-refractivity contribution in [2.45, 2.75) is 77.0 Å². The molecule has 0 saturated heterocycles. The Kier molecular flexibility index (Phi) is 4.52. The van der Waals surface area contributed by atoms with Gasteiger partial charge in [-0.1, -0.05) is 31.9 Å². The largest absolute Gasteiger partial charge is 0.0553 e. The molecule has 0 amide bonds. The predicted octanol–water partition coefficient (Wildman–Crippen LogP) is 7.61. The first-order valence-corrected chi connectivity index (χ1v) is 10.5. The molecule has 0 atom stereocenters. The summed E-state index contributed by atoms with van der Waals surface area (Å²) < 4.78 is 3.01. The summed E-state index contributed by atoms with van der Waals surface area (Å²) in [6.07, 6.45) is 15.8. The quantitative estimate of drug-likeness (QED) is 0.437. The summed E-state index contributed by atoms with van der Waals surface area (Å²) in [5.41, 5.74) is 10.3. The number of rotatable bonds is 3. The fourth-order valence-corrected chi connectivity index (χ4v) is 6.30. The molecule has 4 aliphatic rings. The highest BCUT2D eigenvalue weighted by Gasteiger charge is 2.29. The maximum absolute atomic E-state index is 3.85. The van der Waals surface area contributed by atoms with Crippen LogP contribution >= 0.6 is 31.9 Å². The number of hydrogen-bond acceptors (Lipinski definition) is 0. The molecule has 0 aromatic heterocycles. The van der Waals surface area contributed by atoms with Crippen molar-refractivity contribution in [2.75, 3.05) is 0 Å². The summed E-state index contributed by atoms with van der Waals surface area (Å²) in [7, 11) is 0. The highest BCUT2D eigenvalue weighted by Crippen LogP contribution is 2.49. The Bertz CT molecular complexity index is 572. The van der Waals surface area contributed by atoms with Crippen LogP contribution in [0, 0.1) is 0 Å². The first-order chi connectivity index (χ1) is 10.8. The van der Waals surface area contributed by atoms with E-state index in [1.54, 1.807) is 33.4 Å². The van der Waals surface area contributed by atoms with Crippen LogP contribution in [0.4, 0.5) is 0 Å². The van der Waals surface area contributed by atoms with Crippen LogP contribution in [0.15, 0.2) is 42.4 Å². The van der Waals surface area contributed by atoms with Crippen molar-refractivity contribution < 1.29 is 0 Å². The van der Waals surface area contributed by atoms with Gasteiger partial charge in [0, 0.05) is 0 Å². The summed E-state index contributed by atoms with van der Waals surface area (Å²) >= 11 is 7.71. The highest BCUT2D eigenvalue weighted by atomic mass is 79.9. The summed E-state index contributed by atoms with van der Waals surface area (Å²) in [5, 5.41) is 0. The predicted molar refractivity (Wildman–Crippen MR) is 101 cm³/mol. The zero-order valence-corrected chi connectivity index (χ0v) is 16.4. The average molecular weight is 424 g/mol. The molecule has 0 saturated carbocycles. The van der Waals surface area contributed by atoms with E-state index < -0.39 is 0 Å². The van der Waals surface area contributed by atoms with E-state index in [0.29, 0.717) is 0 Å². The lowest BCUT2D eigenvalue weighted by Gasteiger charge is -2.15. The standard InChI is InChI=1S/C20H24Br2/c21-19-11-3-9-17(19)15-7-1-5-13(15)14-6-2-8-16(14)18-10-4-12-20(18)22/h1-12H2. The number of halogens is 2. The van der Waals surface area contributed by atoms with Gasteiger partial charge in [-0.2, -0.15) is 0 Å². The molecular weight excluding hydrogens is 400 g/mol. The second kappa shape index (κ2) is 6.43. The maximum atomic E-state index is 3.85. The van der Waals surface area contributed by atoms with Crippen molar-refractivity contribution >= 4 is 31.9 Å². The molecule has 22 heavy (non-hydrogen) atoms. The summed E-state index contributed by atoms with van der Waals surface area (Å²) in [6.45, 7) is 0. The van der Waals surface area contributed by atoms with Crippen molar-refractivity contribution in [3.63, 3.8) is 0 Å². The second-order valence-corrected chi connectivity index (χ2v) is 9.01. The van der Waals surface area contributed by atoms with Gasteiger partial charge in [0.05, 0.1) is 0 Å². The van der Waals surface area contributed by atoms with E-state index in [-0.39, 0.29) is 0 Å². The van der Waals surface area contributed by atoms with Gasteiger partial charge in [0.1, 0.15) is 0 Å². The minimum Gasteiger partial charge on any atom is -0.0553 e. The smallest absolute Gasteiger partial charge is 0.00144 e. The molecule has 0 aromatic carbocycles. The van der Waals surface area contributed by atoms with Crippen LogP contribution in [0.1, 0.15) is 77.0 Å². The van der Waals surface area contributed by atoms with Crippen molar-refractivity contribution in [1.82, 2.24) is 0 Å². The van der Waals surface area contributed by atoms with Crippen molar-refractivity contribution in [1.29, 1.82) is 0 Å². The molecule has 0 N–H and O–H groups in total.